The highest BCUT2D eigenvalue weighted by molar-refractivity contribution is 6.74. The molecular weight excluding hydrogens is 412 g/mol. The highest BCUT2D eigenvalue weighted by Gasteiger charge is 2.72. The third-order valence-corrected chi connectivity index (χ3v) is 14.0. The van der Waals surface area contributed by atoms with E-state index >= 15 is 0 Å². The summed E-state index contributed by atoms with van der Waals surface area (Å²) in [6, 6.07) is 0. The van der Waals surface area contributed by atoms with Crippen molar-refractivity contribution < 1.29 is 8.85 Å². The van der Waals surface area contributed by atoms with Gasteiger partial charge in [0.15, 0.2) is 16.6 Å². The summed E-state index contributed by atoms with van der Waals surface area (Å²) in [5.41, 5.74) is 2.73. The quantitative estimate of drug-likeness (QED) is 0.222. The van der Waals surface area contributed by atoms with Crippen LogP contribution in [0.3, 0.4) is 0 Å². The zero-order valence-corrected chi connectivity index (χ0v) is 24.3. The summed E-state index contributed by atoms with van der Waals surface area (Å²) in [4.78, 5) is 0. The lowest BCUT2D eigenvalue weighted by Crippen LogP contribution is -2.61. The molecule has 2 fully saturated rings. The van der Waals surface area contributed by atoms with Gasteiger partial charge in [0, 0.05) is 11.8 Å². The summed E-state index contributed by atoms with van der Waals surface area (Å²) in [5.74, 6) is 5.13. The fourth-order valence-corrected chi connectivity index (χ4v) is 8.60. The Kier molecular flexibility index (Phi) is 7.17. The van der Waals surface area contributed by atoms with E-state index in [0.717, 1.165) is 6.42 Å². The second-order valence-corrected chi connectivity index (χ2v) is 22.5. The molecule has 0 radical (unpaired) electrons. The van der Waals surface area contributed by atoms with Gasteiger partial charge in [-0.1, -0.05) is 61.0 Å². The minimum atomic E-state index is -2.04. The van der Waals surface area contributed by atoms with Crippen molar-refractivity contribution in [3.63, 3.8) is 0 Å². The Morgan fingerprint density at radius 3 is 2.13 bits per heavy atom. The van der Waals surface area contributed by atoms with Crippen molar-refractivity contribution in [1.29, 1.82) is 0 Å². The number of hydrogen-bond acceptors (Lipinski definition) is 2. The summed E-state index contributed by atoms with van der Waals surface area (Å²) in [6.07, 6.45) is 9.64. The molecule has 176 valence electrons. The maximum absolute atomic E-state index is 7.25. The standard InChI is InChI=1S/C27H48O2Si2/c1-15-17-19(3)24(28-31(13,14)25(5,6)7)23-22-21(26(22,8)9)18-20(4)27(23,16-2)29-30(10,11)12/h2,17,19-24H,1,18H2,3-14H3/t19-,20-,21-,22?,23-,24-,27-/m1/s1. The maximum Gasteiger partial charge on any atom is 0.192 e. The molecule has 2 nitrogen and oxygen atoms in total. The largest absolute Gasteiger partial charge is 0.413 e. The van der Waals surface area contributed by atoms with E-state index in [0.29, 0.717) is 17.8 Å². The van der Waals surface area contributed by atoms with Gasteiger partial charge in [0.25, 0.3) is 0 Å². The molecule has 0 bridgehead atoms. The fourth-order valence-electron chi connectivity index (χ4n) is 5.80. The molecule has 1 unspecified atom stereocenters. The SMILES string of the molecule is C#C[C@@]1(O[Si](C)(C)C)[C@H](C)C[C@@H]2C([C@@H]1[C@H](O[Si](C)(C)C(C)(C)C)[C@H](C)C=C=C)C2(C)C. The summed E-state index contributed by atoms with van der Waals surface area (Å²) >= 11 is 0. The Bertz CT molecular complexity index is 758. The second-order valence-electron chi connectivity index (χ2n) is 13.3. The molecule has 2 saturated carbocycles. The predicted octanol–water partition coefficient (Wildman–Crippen LogP) is 7.51. The van der Waals surface area contributed by atoms with Gasteiger partial charge in [0.05, 0.1) is 6.10 Å². The van der Waals surface area contributed by atoms with Gasteiger partial charge in [-0.3, -0.25) is 0 Å². The van der Waals surface area contributed by atoms with Gasteiger partial charge < -0.3 is 8.85 Å². The van der Waals surface area contributed by atoms with Crippen LogP contribution >= 0.6 is 0 Å². The molecule has 0 aromatic carbocycles. The van der Waals surface area contributed by atoms with Crippen LogP contribution in [0.25, 0.3) is 0 Å². The Labute approximate surface area is 195 Å². The van der Waals surface area contributed by atoms with Crippen LogP contribution in [-0.4, -0.2) is 28.3 Å². The van der Waals surface area contributed by atoms with Crippen LogP contribution in [0.4, 0.5) is 0 Å². The van der Waals surface area contributed by atoms with E-state index in [4.69, 9.17) is 15.3 Å². The number of terminal acetylenes is 1. The van der Waals surface area contributed by atoms with E-state index in [1.165, 1.54) is 0 Å². The topological polar surface area (TPSA) is 18.5 Å². The van der Waals surface area contributed by atoms with Gasteiger partial charge in [0.1, 0.15) is 5.60 Å². The van der Waals surface area contributed by atoms with Crippen LogP contribution < -0.4 is 0 Å². The van der Waals surface area contributed by atoms with Gasteiger partial charge in [0.2, 0.25) is 0 Å². The monoisotopic (exact) mass is 460 g/mol. The van der Waals surface area contributed by atoms with Crippen molar-refractivity contribution in [3.05, 3.63) is 18.4 Å². The third-order valence-electron chi connectivity index (χ3n) is 8.55. The van der Waals surface area contributed by atoms with E-state index < -0.39 is 22.2 Å². The van der Waals surface area contributed by atoms with Crippen LogP contribution in [0.5, 0.6) is 0 Å². The summed E-state index contributed by atoms with van der Waals surface area (Å²) in [7, 11) is -3.94. The van der Waals surface area contributed by atoms with Gasteiger partial charge >= 0.3 is 0 Å². The minimum absolute atomic E-state index is 0.000401. The smallest absolute Gasteiger partial charge is 0.192 e. The van der Waals surface area contributed by atoms with E-state index in [2.05, 4.69) is 106 Å². The molecule has 2 rings (SSSR count). The van der Waals surface area contributed by atoms with Gasteiger partial charge in [-0.2, -0.15) is 0 Å². The molecule has 7 atom stereocenters. The van der Waals surface area contributed by atoms with Crippen LogP contribution in [-0.2, 0) is 8.85 Å². The molecule has 0 aliphatic heterocycles. The van der Waals surface area contributed by atoms with Crippen molar-refractivity contribution in [3.8, 4) is 12.3 Å². The molecule has 0 spiro atoms. The van der Waals surface area contributed by atoms with Crippen molar-refractivity contribution in [2.75, 3.05) is 0 Å². The van der Waals surface area contributed by atoms with Crippen molar-refractivity contribution in [2.24, 2.45) is 35.0 Å². The first-order valence-corrected chi connectivity index (χ1v) is 18.4. The highest BCUT2D eigenvalue weighted by atomic mass is 28.4. The zero-order chi connectivity index (χ0) is 24.2. The normalized spacial score (nSPS) is 34.7. The first-order chi connectivity index (χ1) is 13.9. The van der Waals surface area contributed by atoms with Crippen LogP contribution in [0.1, 0.15) is 54.9 Å². The summed E-state index contributed by atoms with van der Waals surface area (Å²) in [6.45, 7) is 31.7. The fraction of sp³-hybridized carbons (Fsp3) is 0.815. The summed E-state index contributed by atoms with van der Waals surface area (Å²) < 4.78 is 14.3. The van der Waals surface area contributed by atoms with Crippen molar-refractivity contribution in [2.45, 2.75) is 104 Å². The lowest BCUT2D eigenvalue weighted by atomic mass is 9.65. The third kappa shape index (κ3) is 4.87. The lowest BCUT2D eigenvalue weighted by Gasteiger charge is -2.53. The van der Waals surface area contributed by atoms with Gasteiger partial charge in [-0.25, -0.2) is 0 Å². The average Bonchev–Trinajstić information content (AvgIpc) is 3.11. The molecule has 2 aliphatic rings. The molecule has 0 saturated heterocycles. The van der Waals surface area contributed by atoms with E-state index in [1.807, 2.05) is 0 Å². The molecule has 4 heteroatoms. The number of rotatable bonds is 7. The van der Waals surface area contributed by atoms with Gasteiger partial charge in [-0.05, 0) is 73.4 Å². The van der Waals surface area contributed by atoms with Crippen molar-refractivity contribution >= 4 is 16.6 Å². The van der Waals surface area contributed by atoms with E-state index in [1.54, 1.807) is 0 Å². The summed E-state index contributed by atoms with van der Waals surface area (Å²) in [5, 5.41) is 0.125. The lowest BCUT2D eigenvalue weighted by molar-refractivity contribution is -0.0882. The number of fused-ring (bicyclic) bond motifs is 1. The molecule has 31 heavy (non-hydrogen) atoms. The van der Waals surface area contributed by atoms with E-state index in [9.17, 15) is 0 Å². The maximum atomic E-state index is 7.25. The first kappa shape index (κ1) is 26.7. The Hall–Kier alpha value is -0.566. The Morgan fingerprint density at radius 2 is 1.71 bits per heavy atom. The Morgan fingerprint density at radius 1 is 1.16 bits per heavy atom. The highest BCUT2D eigenvalue weighted by Crippen LogP contribution is 2.72. The minimum Gasteiger partial charge on any atom is -0.413 e. The van der Waals surface area contributed by atoms with Gasteiger partial charge in [-0.15, -0.1) is 12.2 Å². The first-order valence-electron chi connectivity index (χ1n) is 12.1. The van der Waals surface area contributed by atoms with E-state index in [-0.39, 0.29) is 28.4 Å². The average molecular weight is 461 g/mol. The molecule has 0 aromatic rings. The molecular formula is C27H48O2Si2. The van der Waals surface area contributed by atoms with Crippen LogP contribution in [0.15, 0.2) is 18.4 Å². The zero-order valence-electron chi connectivity index (χ0n) is 22.3. The molecule has 2 aliphatic carbocycles. The van der Waals surface area contributed by atoms with Crippen LogP contribution in [0, 0.1) is 47.3 Å². The molecule has 0 amide bonds. The predicted molar refractivity (Wildman–Crippen MR) is 139 cm³/mol. The second kappa shape index (κ2) is 8.33. The Balaban J connectivity index is 2.69. The molecule has 0 aromatic heterocycles. The molecule has 0 N–H and O–H groups in total. The number of hydrogen-bond donors (Lipinski definition) is 0. The van der Waals surface area contributed by atoms with Crippen molar-refractivity contribution in [1.82, 2.24) is 0 Å². The van der Waals surface area contributed by atoms with Crippen LogP contribution in [0.2, 0.25) is 37.8 Å². The molecule has 0 heterocycles.